The zero-order valence-electron chi connectivity index (χ0n) is 9.80. The summed E-state index contributed by atoms with van der Waals surface area (Å²) in [6, 6.07) is 2.00. The van der Waals surface area contributed by atoms with Crippen LogP contribution in [0.3, 0.4) is 0 Å². The van der Waals surface area contributed by atoms with E-state index in [0.29, 0.717) is 5.41 Å². The zero-order chi connectivity index (χ0) is 10.9. The molecule has 1 N–H and O–H groups in total. The zero-order valence-corrected chi connectivity index (χ0v) is 9.80. The summed E-state index contributed by atoms with van der Waals surface area (Å²) in [6.45, 7) is 7.29. The van der Waals surface area contributed by atoms with Gasteiger partial charge in [-0.1, -0.05) is 6.92 Å². The molecule has 0 atom stereocenters. The lowest BCUT2D eigenvalue weighted by molar-refractivity contribution is 0.519. The monoisotopic (exact) mass is 205 g/mol. The third-order valence-electron chi connectivity index (χ3n) is 3.31. The minimum atomic E-state index is 0.543. The Labute approximate surface area is 91.3 Å². The van der Waals surface area contributed by atoms with Crippen molar-refractivity contribution in [2.75, 3.05) is 11.9 Å². The third kappa shape index (κ3) is 2.46. The van der Waals surface area contributed by atoms with E-state index in [1.165, 1.54) is 19.3 Å². The fourth-order valence-corrected chi connectivity index (χ4v) is 1.90. The lowest BCUT2D eigenvalue weighted by atomic mass is 10.0. The molecule has 0 amide bonds. The van der Waals surface area contributed by atoms with Crippen LogP contribution in [0.15, 0.2) is 6.07 Å². The molecule has 2 rings (SSSR count). The highest BCUT2D eigenvalue weighted by atomic mass is 15.1. The molecular formula is C12H19N3. The van der Waals surface area contributed by atoms with Crippen molar-refractivity contribution < 1.29 is 0 Å². The molecule has 1 aliphatic carbocycles. The molecule has 0 bridgehead atoms. The van der Waals surface area contributed by atoms with Gasteiger partial charge in [0.05, 0.1) is 0 Å². The number of hydrogen-bond acceptors (Lipinski definition) is 3. The normalized spacial score (nSPS) is 17.5. The first kappa shape index (κ1) is 10.4. The van der Waals surface area contributed by atoms with Gasteiger partial charge in [-0.25, -0.2) is 9.97 Å². The summed E-state index contributed by atoms with van der Waals surface area (Å²) < 4.78 is 0. The van der Waals surface area contributed by atoms with Gasteiger partial charge in [0.2, 0.25) is 5.95 Å². The first-order chi connectivity index (χ1) is 7.13. The van der Waals surface area contributed by atoms with Crippen LogP contribution in [0, 0.1) is 19.3 Å². The van der Waals surface area contributed by atoms with Crippen LogP contribution in [-0.4, -0.2) is 16.5 Å². The van der Waals surface area contributed by atoms with Crippen LogP contribution in [0.5, 0.6) is 0 Å². The third-order valence-corrected chi connectivity index (χ3v) is 3.31. The van der Waals surface area contributed by atoms with Crippen molar-refractivity contribution >= 4 is 5.95 Å². The van der Waals surface area contributed by atoms with E-state index >= 15 is 0 Å². The predicted molar refractivity (Wildman–Crippen MR) is 62.0 cm³/mol. The molecule has 1 aliphatic rings. The SMILES string of the molecule is CCC1(CNc2nc(C)cc(C)n2)CC1. The average molecular weight is 205 g/mol. The van der Waals surface area contributed by atoms with Crippen molar-refractivity contribution in [3.8, 4) is 0 Å². The molecule has 82 valence electrons. The molecule has 1 heterocycles. The minimum absolute atomic E-state index is 0.543. The van der Waals surface area contributed by atoms with Crippen LogP contribution >= 0.6 is 0 Å². The molecule has 1 saturated carbocycles. The van der Waals surface area contributed by atoms with E-state index in [1.54, 1.807) is 0 Å². The van der Waals surface area contributed by atoms with E-state index in [2.05, 4.69) is 22.2 Å². The molecule has 0 spiro atoms. The molecule has 3 nitrogen and oxygen atoms in total. The van der Waals surface area contributed by atoms with E-state index < -0.39 is 0 Å². The highest BCUT2D eigenvalue weighted by molar-refractivity contribution is 5.28. The van der Waals surface area contributed by atoms with Crippen molar-refractivity contribution in [2.45, 2.75) is 40.0 Å². The van der Waals surface area contributed by atoms with E-state index in [-0.39, 0.29) is 0 Å². The molecular weight excluding hydrogens is 186 g/mol. The van der Waals surface area contributed by atoms with Gasteiger partial charge in [0, 0.05) is 17.9 Å². The molecule has 0 saturated heterocycles. The topological polar surface area (TPSA) is 37.8 Å². The van der Waals surface area contributed by atoms with Crippen molar-refractivity contribution in [3.63, 3.8) is 0 Å². The lowest BCUT2D eigenvalue weighted by Crippen LogP contribution is -2.16. The van der Waals surface area contributed by atoms with Crippen LogP contribution in [0.4, 0.5) is 5.95 Å². The van der Waals surface area contributed by atoms with Gasteiger partial charge in [-0.2, -0.15) is 0 Å². The van der Waals surface area contributed by atoms with E-state index in [1.807, 2.05) is 19.9 Å². The Hall–Kier alpha value is -1.12. The van der Waals surface area contributed by atoms with Gasteiger partial charge in [0.15, 0.2) is 0 Å². The lowest BCUT2D eigenvalue weighted by Gasteiger charge is -2.13. The number of aromatic nitrogens is 2. The number of anilines is 1. The number of aryl methyl sites for hydroxylation is 2. The Morgan fingerprint density at radius 2 is 1.87 bits per heavy atom. The average Bonchev–Trinajstić information content (AvgIpc) is 2.94. The van der Waals surface area contributed by atoms with Gasteiger partial charge in [-0.05, 0) is 44.6 Å². The van der Waals surface area contributed by atoms with Crippen LogP contribution in [0.2, 0.25) is 0 Å². The fourth-order valence-electron chi connectivity index (χ4n) is 1.90. The molecule has 1 fully saturated rings. The van der Waals surface area contributed by atoms with Crippen LogP contribution < -0.4 is 5.32 Å². The summed E-state index contributed by atoms with van der Waals surface area (Å²) in [5.74, 6) is 0.784. The Balaban J connectivity index is 1.99. The standard InChI is InChI=1S/C12H19N3/c1-4-12(5-6-12)8-13-11-14-9(2)7-10(3)15-11/h7H,4-6,8H2,1-3H3,(H,13,14,15). The Morgan fingerprint density at radius 3 is 2.33 bits per heavy atom. The Morgan fingerprint density at radius 1 is 1.27 bits per heavy atom. The summed E-state index contributed by atoms with van der Waals surface area (Å²) >= 11 is 0. The number of nitrogens with zero attached hydrogens (tertiary/aromatic N) is 2. The summed E-state index contributed by atoms with van der Waals surface area (Å²) in [5, 5.41) is 3.36. The van der Waals surface area contributed by atoms with E-state index in [0.717, 1.165) is 23.9 Å². The smallest absolute Gasteiger partial charge is 0.223 e. The van der Waals surface area contributed by atoms with Crippen molar-refractivity contribution in [1.82, 2.24) is 9.97 Å². The molecule has 3 heteroatoms. The first-order valence-corrected chi connectivity index (χ1v) is 5.70. The van der Waals surface area contributed by atoms with Gasteiger partial charge < -0.3 is 5.32 Å². The molecule has 1 aromatic heterocycles. The second kappa shape index (κ2) is 3.80. The van der Waals surface area contributed by atoms with Crippen molar-refractivity contribution in [1.29, 1.82) is 0 Å². The van der Waals surface area contributed by atoms with Crippen molar-refractivity contribution in [3.05, 3.63) is 17.5 Å². The molecule has 0 unspecified atom stereocenters. The van der Waals surface area contributed by atoms with Crippen LogP contribution in [0.1, 0.15) is 37.6 Å². The Kier molecular flexibility index (Phi) is 2.63. The summed E-state index contributed by atoms with van der Waals surface area (Å²) in [7, 11) is 0. The summed E-state index contributed by atoms with van der Waals surface area (Å²) in [4.78, 5) is 8.75. The molecule has 15 heavy (non-hydrogen) atoms. The van der Waals surface area contributed by atoms with Gasteiger partial charge in [0.1, 0.15) is 0 Å². The molecule has 0 aromatic carbocycles. The highest BCUT2D eigenvalue weighted by Crippen LogP contribution is 2.48. The summed E-state index contributed by atoms with van der Waals surface area (Å²) in [5.41, 5.74) is 2.61. The largest absolute Gasteiger partial charge is 0.354 e. The van der Waals surface area contributed by atoms with Crippen LogP contribution in [0.25, 0.3) is 0 Å². The van der Waals surface area contributed by atoms with E-state index in [9.17, 15) is 0 Å². The molecule has 1 aromatic rings. The van der Waals surface area contributed by atoms with Gasteiger partial charge in [-0.15, -0.1) is 0 Å². The second-order valence-corrected chi connectivity index (χ2v) is 4.68. The van der Waals surface area contributed by atoms with Gasteiger partial charge >= 0.3 is 0 Å². The van der Waals surface area contributed by atoms with Crippen LogP contribution in [-0.2, 0) is 0 Å². The number of hydrogen-bond donors (Lipinski definition) is 1. The molecule has 0 radical (unpaired) electrons. The summed E-state index contributed by atoms with van der Waals surface area (Å²) in [6.07, 6.45) is 3.95. The van der Waals surface area contributed by atoms with E-state index in [4.69, 9.17) is 0 Å². The predicted octanol–water partition coefficient (Wildman–Crippen LogP) is 2.70. The quantitative estimate of drug-likeness (QED) is 0.821. The number of nitrogens with one attached hydrogen (secondary N) is 1. The first-order valence-electron chi connectivity index (χ1n) is 5.70. The number of rotatable bonds is 4. The fraction of sp³-hybridized carbons (Fsp3) is 0.667. The van der Waals surface area contributed by atoms with Crippen molar-refractivity contribution in [2.24, 2.45) is 5.41 Å². The molecule has 0 aliphatic heterocycles. The maximum absolute atomic E-state index is 4.38. The minimum Gasteiger partial charge on any atom is -0.354 e. The Bertz CT molecular complexity index is 336. The second-order valence-electron chi connectivity index (χ2n) is 4.68. The van der Waals surface area contributed by atoms with Gasteiger partial charge in [-0.3, -0.25) is 0 Å². The van der Waals surface area contributed by atoms with Gasteiger partial charge in [0.25, 0.3) is 0 Å². The maximum atomic E-state index is 4.38. The highest BCUT2D eigenvalue weighted by Gasteiger charge is 2.40. The maximum Gasteiger partial charge on any atom is 0.223 e.